The second-order valence-corrected chi connectivity index (χ2v) is 20.7. The minimum Gasteiger partial charge on any atom is -0.462 e. The summed E-state index contributed by atoms with van der Waals surface area (Å²) in [6, 6.07) is 0. The molecular weight excluding hydrogens is 833 g/mol. The van der Waals surface area contributed by atoms with Crippen molar-refractivity contribution in [2.75, 3.05) is 34.7 Å². The molecular formula is C52H78O13. The van der Waals surface area contributed by atoms with Crippen LogP contribution in [0.25, 0.3) is 0 Å². The van der Waals surface area contributed by atoms with E-state index in [1.54, 1.807) is 34.3 Å². The summed E-state index contributed by atoms with van der Waals surface area (Å²) in [6.45, 7) is 12.8. The molecule has 6 heterocycles. The normalized spacial score (nSPS) is 48.6. The van der Waals surface area contributed by atoms with Gasteiger partial charge in [0.1, 0.15) is 42.7 Å². The maximum absolute atomic E-state index is 14.5. The molecule has 6 aliphatic heterocycles. The summed E-state index contributed by atoms with van der Waals surface area (Å²) >= 11 is 0. The summed E-state index contributed by atoms with van der Waals surface area (Å²) in [7, 11) is 5.11. The Morgan fingerprint density at radius 3 is 2.32 bits per heavy atom. The van der Waals surface area contributed by atoms with Crippen LogP contribution in [0.4, 0.5) is 0 Å². The number of hydrogen-bond donors (Lipinski definition) is 2. The van der Waals surface area contributed by atoms with Crippen molar-refractivity contribution in [2.24, 2.45) is 35.5 Å². The zero-order valence-corrected chi connectivity index (χ0v) is 40.3. The van der Waals surface area contributed by atoms with Gasteiger partial charge in [0.05, 0.1) is 55.4 Å². The molecule has 0 aromatic rings. The van der Waals surface area contributed by atoms with E-state index in [2.05, 4.69) is 52.0 Å². The molecule has 0 radical (unpaired) electrons. The Morgan fingerprint density at radius 2 is 1.58 bits per heavy atom. The van der Waals surface area contributed by atoms with Crippen LogP contribution in [-0.4, -0.2) is 136 Å². The van der Waals surface area contributed by atoms with Gasteiger partial charge in [-0.15, -0.1) is 0 Å². The second-order valence-electron chi connectivity index (χ2n) is 20.7. The van der Waals surface area contributed by atoms with Crippen molar-refractivity contribution in [1.29, 1.82) is 0 Å². The quantitative estimate of drug-likeness (QED) is 0.145. The third kappa shape index (κ3) is 9.96. The van der Waals surface area contributed by atoms with Gasteiger partial charge < -0.3 is 57.6 Å². The maximum atomic E-state index is 14.5. The van der Waals surface area contributed by atoms with Crippen molar-refractivity contribution < 1.29 is 62.4 Å². The minimum absolute atomic E-state index is 0.00575. The standard InChI is InChI=1S/C52H78O13/c1-29-14-13-17-36-27-59-49-46(53)32(4)22-39(52(36,49)55)50(54)63-38-23-37(64-51(26-38)21-20-31(3)47(65-51)35-15-11-10-12-16-35)19-18-30(2)44(29)41-24-40(57-8)45(33(5)61-41)42-25-43(58-9)48(34(6)62-42)60-28-56-7/h13-14,17-18,20-22,29,31,33-35,37-49,53,55H,10-12,15-16,19,23-28H2,1-9H3/b14-13+,30-18+,36-17+/t29-,31-,33-,34-,37+,38-,39-,40-,41?,42+,43-,44-,45?,46+,47-,48+,49+,51+,52+/m0/s1. The fourth-order valence-corrected chi connectivity index (χ4v) is 13.0. The van der Waals surface area contributed by atoms with Crippen LogP contribution in [0, 0.1) is 35.5 Å². The van der Waals surface area contributed by atoms with Crippen molar-refractivity contribution in [3.63, 3.8) is 0 Å². The maximum Gasteiger partial charge on any atom is 0.316 e. The zero-order valence-electron chi connectivity index (χ0n) is 40.3. The zero-order chi connectivity index (χ0) is 46.2. The van der Waals surface area contributed by atoms with E-state index in [-0.39, 0.29) is 92.0 Å². The first-order valence-corrected chi connectivity index (χ1v) is 24.7. The van der Waals surface area contributed by atoms with Crippen molar-refractivity contribution >= 4 is 5.97 Å². The van der Waals surface area contributed by atoms with Crippen LogP contribution in [0.15, 0.2) is 59.3 Å². The van der Waals surface area contributed by atoms with Gasteiger partial charge in [0.15, 0.2) is 5.79 Å². The molecule has 364 valence electrons. The Bertz CT molecular complexity index is 1800. The summed E-state index contributed by atoms with van der Waals surface area (Å²) < 4.78 is 64.2. The van der Waals surface area contributed by atoms with Crippen molar-refractivity contribution in [1.82, 2.24) is 0 Å². The van der Waals surface area contributed by atoms with Crippen LogP contribution in [-0.2, 0) is 52.2 Å². The second kappa shape index (κ2) is 20.8. The number of aliphatic hydroxyl groups is 2. The lowest BCUT2D eigenvalue weighted by molar-refractivity contribution is -0.301. The highest BCUT2D eigenvalue weighted by Crippen LogP contribution is 2.48. The molecule has 4 saturated heterocycles. The highest BCUT2D eigenvalue weighted by molar-refractivity contribution is 5.78. The van der Waals surface area contributed by atoms with Crippen LogP contribution < -0.4 is 0 Å². The molecule has 13 nitrogen and oxygen atoms in total. The Kier molecular flexibility index (Phi) is 15.7. The van der Waals surface area contributed by atoms with E-state index in [1.165, 1.54) is 19.3 Å². The van der Waals surface area contributed by atoms with E-state index in [0.29, 0.717) is 49.2 Å². The molecule has 2 bridgehead atoms. The smallest absolute Gasteiger partial charge is 0.316 e. The number of allylic oxidation sites excluding steroid dienone is 3. The van der Waals surface area contributed by atoms with Crippen molar-refractivity contribution in [3.05, 3.63) is 59.3 Å². The number of methoxy groups -OCH3 is 3. The predicted molar refractivity (Wildman–Crippen MR) is 242 cm³/mol. The van der Waals surface area contributed by atoms with E-state index in [0.717, 1.165) is 18.4 Å². The van der Waals surface area contributed by atoms with Gasteiger partial charge in [-0.3, -0.25) is 4.79 Å². The molecule has 2 unspecified atom stereocenters. The molecule has 1 saturated carbocycles. The molecule has 8 aliphatic rings. The Hall–Kier alpha value is -2.27. The first kappa shape index (κ1) is 49.2. The molecule has 8 rings (SSSR count). The fourth-order valence-electron chi connectivity index (χ4n) is 13.0. The Balaban J connectivity index is 1.12. The number of rotatable bonds is 8. The minimum atomic E-state index is -1.81. The summed E-state index contributed by atoms with van der Waals surface area (Å²) in [5.74, 6) is -2.16. The lowest BCUT2D eigenvalue weighted by atomic mass is 9.71. The van der Waals surface area contributed by atoms with Gasteiger partial charge in [0, 0.05) is 64.8 Å². The average molecular weight is 911 g/mol. The molecule has 1 spiro atoms. The van der Waals surface area contributed by atoms with E-state index in [4.69, 9.17) is 47.4 Å². The molecule has 0 aromatic heterocycles. The summed E-state index contributed by atoms with van der Waals surface area (Å²) in [5.41, 5.74) is 0.444. The predicted octanol–water partition coefficient (Wildman–Crippen LogP) is 7.09. The van der Waals surface area contributed by atoms with Gasteiger partial charge >= 0.3 is 5.97 Å². The van der Waals surface area contributed by atoms with Crippen LogP contribution >= 0.6 is 0 Å². The van der Waals surface area contributed by atoms with Gasteiger partial charge in [-0.1, -0.05) is 75.1 Å². The molecule has 19 atom stereocenters. The topological polar surface area (TPSA) is 150 Å². The summed E-state index contributed by atoms with van der Waals surface area (Å²) in [5, 5.41) is 24.0. The molecule has 5 fully saturated rings. The molecule has 2 N–H and O–H groups in total. The van der Waals surface area contributed by atoms with Crippen LogP contribution in [0.3, 0.4) is 0 Å². The average Bonchev–Trinajstić information content (AvgIpc) is 3.63. The Labute approximate surface area is 387 Å². The number of fused-ring (bicyclic) bond motifs is 2. The van der Waals surface area contributed by atoms with Crippen LogP contribution in [0.5, 0.6) is 0 Å². The lowest BCUT2D eigenvalue weighted by Crippen LogP contribution is -2.58. The first-order chi connectivity index (χ1) is 31.2. The molecule has 65 heavy (non-hydrogen) atoms. The van der Waals surface area contributed by atoms with Gasteiger partial charge in [0.25, 0.3) is 0 Å². The number of carbonyl (C=O) groups is 1. The first-order valence-electron chi connectivity index (χ1n) is 24.7. The molecule has 0 amide bonds. The number of aliphatic hydroxyl groups excluding tert-OH is 1. The monoisotopic (exact) mass is 911 g/mol. The van der Waals surface area contributed by atoms with Crippen molar-refractivity contribution in [3.8, 4) is 0 Å². The summed E-state index contributed by atoms with van der Waals surface area (Å²) in [4.78, 5) is 14.5. The van der Waals surface area contributed by atoms with Gasteiger partial charge in [-0.2, -0.15) is 0 Å². The highest BCUT2D eigenvalue weighted by Gasteiger charge is 2.60. The fraction of sp³-hybridized carbons (Fsp3) is 0.788. The van der Waals surface area contributed by atoms with Crippen LogP contribution in [0.2, 0.25) is 0 Å². The van der Waals surface area contributed by atoms with E-state index < -0.39 is 41.6 Å². The van der Waals surface area contributed by atoms with Crippen LogP contribution in [0.1, 0.15) is 106 Å². The van der Waals surface area contributed by atoms with Gasteiger partial charge in [-0.05, 0) is 76.0 Å². The number of hydrogen-bond acceptors (Lipinski definition) is 13. The van der Waals surface area contributed by atoms with Gasteiger partial charge in [0.2, 0.25) is 0 Å². The van der Waals surface area contributed by atoms with Crippen molar-refractivity contribution in [2.45, 2.75) is 190 Å². The van der Waals surface area contributed by atoms with E-state index >= 15 is 0 Å². The molecule has 2 aliphatic carbocycles. The SMILES string of the molecule is COCO[C@@H]1[C@H](C)O[C@@H](C2[C@H](C)OC([C@@H]3/C(C)=C/C[C@@H]4C[C@@H](C[C@]5(C=C[C@H](C)[C@@H](C6CCCCC6)O5)O4)OC(=O)[C@@H]4C=C(C)[C@@H](O)[C@H]5OC/C(=C\C=C\[C@@H]3C)[C@]54O)C[C@@H]2OC)C[C@@H]1OC. The summed E-state index contributed by atoms with van der Waals surface area (Å²) in [6.07, 6.45) is 18.4. The largest absolute Gasteiger partial charge is 0.462 e. The van der Waals surface area contributed by atoms with E-state index in [1.807, 2.05) is 19.1 Å². The Morgan fingerprint density at radius 1 is 0.846 bits per heavy atom. The number of ether oxygens (including phenoxy) is 10. The molecule has 0 aromatic carbocycles. The number of esters is 1. The molecule has 13 heteroatoms. The highest BCUT2D eigenvalue weighted by atomic mass is 16.7. The van der Waals surface area contributed by atoms with E-state index in [9.17, 15) is 15.0 Å². The third-order valence-corrected chi connectivity index (χ3v) is 16.4. The number of carbonyl (C=O) groups excluding carboxylic acids is 1. The third-order valence-electron chi connectivity index (χ3n) is 16.4. The lowest BCUT2D eigenvalue weighted by Gasteiger charge is -2.50. The van der Waals surface area contributed by atoms with Gasteiger partial charge in [-0.25, -0.2) is 0 Å².